The molecule has 0 aliphatic carbocycles. The van der Waals surface area contributed by atoms with Crippen molar-refractivity contribution in [1.29, 1.82) is 0 Å². The zero-order chi connectivity index (χ0) is 26.6. The van der Waals surface area contributed by atoms with Gasteiger partial charge in [-0.05, 0) is 64.3 Å². The second-order valence-corrected chi connectivity index (χ2v) is 12.1. The number of amides is 2. The summed E-state index contributed by atoms with van der Waals surface area (Å²) >= 11 is 6.37. The van der Waals surface area contributed by atoms with E-state index in [1.54, 1.807) is 43.3 Å². The van der Waals surface area contributed by atoms with Crippen molar-refractivity contribution < 1.29 is 18.0 Å². The van der Waals surface area contributed by atoms with Crippen LogP contribution in [0.1, 0.15) is 50.8 Å². The van der Waals surface area contributed by atoms with Gasteiger partial charge < -0.3 is 10.2 Å². The Bertz CT molecular complexity index is 1180. The van der Waals surface area contributed by atoms with Crippen LogP contribution in [-0.2, 0) is 26.2 Å². The maximum absolute atomic E-state index is 13.7. The smallest absolute Gasteiger partial charge is 0.244 e. The summed E-state index contributed by atoms with van der Waals surface area (Å²) in [6, 6.07) is 11.7. The molecule has 0 fully saturated rings. The zero-order valence-corrected chi connectivity index (χ0v) is 23.1. The number of halogens is 1. The van der Waals surface area contributed by atoms with Crippen LogP contribution in [0.4, 0.5) is 5.69 Å². The van der Waals surface area contributed by atoms with Crippen molar-refractivity contribution in [2.24, 2.45) is 0 Å². The lowest BCUT2D eigenvalue weighted by molar-refractivity contribution is -0.141. The van der Waals surface area contributed by atoms with Gasteiger partial charge in [0.2, 0.25) is 21.8 Å². The number of carbonyl (C=O) groups excluding carboxylic acids is 2. The number of anilines is 1. The summed E-state index contributed by atoms with van der Waals surface area (Å²) in [4.78, 5) is 28.3. The van der Waals surface area contributed by atoms with Crippen LogP contribution in [0.3, 0.4) is 0 Å². The monoisotopic (exact) mass is 521 g/mol. The van der Waals surface area contributed by atoms with Crippen LogP contribution in [0.15, 0.2) is 42.5 Å². The molecule has 0 aromatic heterocycles. The summed E-state index contributed by atoms with van der Waals surface area (Å²) in [6.07, 6.45) is 1.42. The molecule has 0 saturated heterocycles. The summed E-state index contributed by atoms with van der Waals surface area (Å²) in [5.41, 5.74) is 2.31. The minimum absolute atomic E-state index is 0.0685. The first-order chi connectivity index (χ1) is 16.1. The molecule has 9 heteroatoms. The molecule has 0 radical (unpaired) electrons. The maximum Gasteiger partial charge on any atom is 0.244 e. The van der Waals surface area contributed by atoms with Gasteiger partial charge in [-0.1, -0.05) is 54.4 Å². The van der Waals surface area contributed by atoms with Crippen molar-refractivity contribution in [3.05, 3.63) is 64.2 Å². The number of carbonyl (C=O) groups is 2. The standard InChI is InChI=1S/C26H36ClN3O4S/c1-8-22(25(32)28-26(4,5)6)29(16-20-11-9-10-12-21(20)27)24(31)17-30(35(7,33)34)23-14-13-18(2)15-19(23)3/h9-15,22H,8,16-17H2,1-7H3,(H,28,32)/t22-/m1/s1. The Balaban J connectivity index is 2.51. The minimum Gasteiger partial charge on any atom is -0.350 e. The van der Waals surface area contributed by atoms with Gasteiger partial charge in [0, 0.05) is 17.1 Å². The highest BCUT2D eigenvalue weighted by atomic mass is 35.5. The largest absolute Gasteiger partial charge is 0.350 e. The van der Waals surface area contributed by atoms with Gasteiger partial charge in [0.15, 0.2) is 0 Å². The molecule has 0 saturated carbocycles. The number of hydrogen-bond donors (Lipinski definition) is 1. The van der Waals surface area contributed by atoms with Gasteiger partial charge in [-0.3, -0.25) is 13.9 Å². The van der Waals surface area contributed by atoms with Crippen LogP contribution in [0.25, 0.3) is 0 Å². The van der Waals surface area contributed by atoms with Crippen LogP contribution < -0.4 is 9.62 Å². The topological polar surface area (TPSA) is 86.8 Å². The Morgan fingerprint density at radius 3 is 2.23 bits per heavy atom. The molecule has 0 heterocycles. The molecule has 0 unspecified atom stereocenters. The predicted molar refractivity (Wildman–Crippen MR) is 142 cm³/mol. The first-order valence-corrected chi connectivity index (χ1v) is 13.8. The molecule has 2 rings (SSSR count). The van der Waals surface area contributed by atoms with Crippen LogP contribution in [0.5, 0.6) is 0 Å². The van der Waals surface area contributed by atoms with E-state index in [1.165, 1.54) is 4.90 Å². The number of sulfonamides is 1. The molecule has 2 aromatic carbocycles. The molecule has 1 N–H and O–H groups in total. The Hall–Kier alpha value is -2.58. The Morgan fingerprint density at radius 2 is 1.71 bits per heavy atom. The van der Waals surface area contributed by atoms with Crippen molar-refractivity contribution in [1.82, 2.24) is 10.2 Å². The Morgan fingerprint density at radius 1 is 1.09 bits per heavy atom. The summed E-state index contributed by atoms with van der Waals surface area (Å²) in [6.45, 7) is 10.8. The number of hydrogen-bond acceptors (Lipinski definition) is 4. The molecule has 0 aliphatic rings. The van der Waals surface area contributed by atoms with Crippen LogP contribution in [0, 0.1) is 13.8 Å². The van der Waals surface area contributed by atoms with Crippen LogP contribution in [0.2, 0.25) is 5.02 Å². The van der Waals surface area contributed by atoms with E-state index in [4.69, 9.17) is 11.6 Å². The Kier molecular flexibility index (Phi) is 9.36. The minimum atomic E-state index is -3.79. The molecule has 0 aliphatic heterocycles. The van der Waals surface area contributed by atoms with E-state index in [2.05, 4.69) is 5.32 Å². The number of rotatable bonds is 9. The SMILES string of the molecule is CC[C@H](C(=O)NC(C)(C)C)N(Cc1ccccc1Cl)C(=O)CN(c1ccc(C)cc1C)S(C)(=O)=O. The van der Waals surface area contributed by atoms with Gasteiger partial charge in [0.1, 0.15) is 12.6 Å². The second kappa shape index (κ2) is 11.4. The normalized spacial score (nSPS) is 12.7. The molecule has 1 atom stereocenters. The summed E-state index contributed by atoms with van der Waals surface area (Å²) in [5, 5.41) is 3.40. The summed E-state index contributed by atoms with van der Waals surface area (Å²) < 4.78 is 26.6. The first kappa shape index (κ1) is 28.7. The molecular formula is C26H36ClN3O4S. The van der Waals surface area contributed by atoms with Gasteiger partial charge in [0.25, 0.3) is 0 Å². The van der Waals surface area contributed by atoms with E-state index in [0.29, 0.717) is 22.7 Å². The number of nitrogens with one attached hydrogen (secondary N) is 1. The lowest BCUT2D eigenvalue weighted by Gasteiger charge is -2.35. The van der Waals surface area contributed by atoms with Crippen molar-refractivity contribution in [2.75, 3.05) is 17.1 Å². The fraction of sp³-hybridized carbons (Fsp3) is 0.462. The van der Waals surface area contributed by atoms with Crippen molar-refractivity contribution in [2.45, 2.75) is 66.1 Å². The average molecular weight is 522 g/mol. The van der Waals surface area contributed by atoms with Crippen molar-refractivity contribution in [3.63, 3.8) is 0 Å². The molecule has 7 nitrogen and oxygen atoms in total. The number of benzene rings is 2. The van der Waals surface area contributed by atoms with Gasteiger partial charge >= 0.3 is 0 Å². The second-order valence-electron chi connectivity index (χ2n) is 9.84. The molecular weight excluding hydrogens is 486 g/mol. The zero-order valence-electron chi connectivity index (χ0n) is 21.6. The quantitative estimate of drug-likeness (QED) is 0.528. The molecule has 2 aromatic rings. The summed E-state index contributed by atoms with van der Waals surface area (Å²) in [5.74, 6) is -0.802. The lowest BCUT2D eigenvalue weighted by atomic mass is 10.1. The van der Waals surface area contributed by atoms with Crippen molar-refractivity contribution >= 4 is 39.1 Å². The highest BCUT2D eigenvalue weighted by Gasteiger charge is 2.33. The van der Waals surface area contributed by atoms with Gasteiger partial charge in [0.05, 0.1) is 11.9 Å². The third-order valence-corrected chi connectivity index (χ3v) is 6.98. The Labute approximate surface area is 214 Å². The third-order valence-electron chi connectivity index (χ3n) is 5.48. The van der Waals surface area contributed by atoms with E-state index < -0.39 is 34.1 Å². The van der Waals surface area contributed by atoms with Crippen LogP contribution >= 0.6 is 11.6 Å². The fourth-order valence-electron chi connectivity index (χ4n) is 3.86. The highest BCUT2D eigenvalue weighted by Crippen LogP contribution is 2.25. The first-order valence-electron chi connectivity index (χ1n) is 11.5. The van der Waals surface area contributed by atoms with E-state index in [0.717, 1.165) is 21.7 Å². The van der Waals surface area contributed by atoms with Crippen molar-refractivity contribution in [3.8, 4) is 0 Å². The van der Waals surface area contributed by atoms with E-state index in [1.807, 2.05) is 40.7 Å². The molecule has 0 spiro atoms. The predicted octanol–water partition coefficient (Wildman–Crippen LogP) is 4.44. The summed E-state index contributed by atoms with van der Waals surface area (Å²) in [7, 11) is -3.79. The highest BCUT2D eigenvalue weighted by molar-refractivity contribution is 7.92. The molecule has 0 bridgehead atoms. The van der Waals surface area contributed by atoms with E-state index in [9.17, 15) is 18.0 Å². The number of nitrogens with zero attached hydrogens (tertiary/aromatic N) is 2. The number of aryl methyl sites for hydroxylation is 2. The molecule has 192 valence electrons. The van der Waals surface area contributed by atoms with E-state index >= 15 is 0 Å². The fourth-order valence-corrected chi connectivity index (χ4v) is 4.97. The third kappa shape index (κ3) is 7.97. The van der Waals surface area contributed by atoms with Crippen LogP contribution in [-0.4, -0.2) is 49.5 Å². The lowest BCUT2D eigenvalue weighted by Crippen LogP contribution is -2.55. The van der Waals surface area contributed by atoms with E-state index in [-0.39, 0.29) is 12.5 Å². The molecule has 35 heavy (non-hydrogen) atoms. The average Bonchev–Trinajstić information content (AvgIpc) is 2.71. The maximum atomic E-state index is 13.7. The van der Waals surface area contributed by atoms with Gasteiger partial charge in [-0.2, -0.15) is 0 Å². The van der Waals surface area contributed by atoms with Gasteiger partial charge in [-0.15, -0.1) is 0 Å². The molecule has 2 amide bonds. The van der Waals surface area contributed by atoms with Gasteiger partial charge in [-0.25, -0.2) is 8.42 Å².